The Hall–Kier alpha value is -3.42. The van der Waals surface area contributed by atoms with E-state index in [-0.39, 0.29) is 10.8 Å². The van der Waals surface area contributed by atoms with Crippen LogP contribution in [-0.2, 0) is 10.8 Å². The van der Waals surface area contributed by atoms with Gasteiger partial charge in [0, 0.05) is 21.2 Å². The van der Waals surface area contributed by atoms with Crippen molar-refractivity contribution >= 4 is 37.8 Å². The first-order valence-corrected chi connectivity index (χ1v) is 15.3. The van der Waals surface area contributed by atoms with Gasteiger partial charge in [-0.25, -0.2) is 0 Å². The summed E-state index contributed by atoms with van der Waals surface area (Å²) in [5.74, 6) is 0.788. The summed E-state index contributed by atoms with van der Waals surface area (Å²) in [6.07, 6.45) is 9.59. The van der Waals surface area contributed by atoms with Crippen LogP contribution in [0.4, 0.5) is 0 Å². The monoisotopic (exact) mass is 580 g/mol. The molecule has 8 rings (SSSR count). The molecular weight excluding hydrogens is 548 g/mol. The summed E-state index contributed by atoms with van der Waals surface area (Å²) >= 11 is 3.73. The molecule has 1 heteroatoms. The van der Waals surface area contributed by atoms with Gasteiger partial charge >= 0.3 is 0 Å². The number of hydrogen-bond acceptors (Lipinski definition) is 0. The zero-order valence-electron chi connectivity index (χ0n) is 23.8. The highest BCUT2D eigenvalue weighted by molar-refractivity contribution is 9.10. The quantitative estimate of drug-likeness (QED) is 0.210. The smallest absolute Gasteiger partial charge is 0.0178 e. The van der Waals surface area contributed by atoms with Crippen LogP contribution in [0.3, 0.4) is 0 Å². The van der Waals surface area contributed by atoms with Crippen molar-refractivity contribution in [3.8, 4) is 11.1 Å². The molecule has 4 aromatic carbocycles. The Morgan fingerprint density at radius 1 is 0.700 bits per heavy atom. The first-order valence-electron chi connectivity index (χ1n) is 14.5. The van der Waals surface area contributed by atoms with Crippen LogP contribution in [0.2, 0.25) is 0 Å². The van der Waals surface area contributed by atoms with Crippen LogP contribution in [0.1, 0.15) is 62.4 Å². The van der Waals surface area contributed by atoms with Gasteiger partial charge in [-0.05, 0) is 114 Å². The van der Waals surface area contributed by atoms with Crippen LogP contribution < -0.4 is 0 Å². The minimum Gasteiger partial charge on any atom is -0.0807 e. The summed E-state index contributed by atoms with van der Waals surface area (Å²) in [7, 11) is 0. The molecular formula is C39H33Br. The van der Waals surface area contributed by atoms with Crippen molar-refractivity contribution in [1.82, 2.24) is 0 Å². The van der Waals surface area contributed by atoms with Crippen molar-refractivity contribution in [2.75, 3.05) is 0 Å². The molecule has 2 atom stereocenters. The van der Waals surface area contributed by atoms with Crippen LogP contribution in [0.25, 0.3) is 33.0 Å². The van der Waals surface area contributed by atoms with Crippen LogP contribution in [0.5, 0.6) is 0 Å². The second kappa shape index (κ2) is 8.08. The first-order chi connectivity index (χ1) is 19.2. The maximum atomic E-state index is 3.73. The van der Waals surface area contributed by atoms with Crippen molar-refractivity contribution in [1.29, 1.82) is 0 Å². The Morgan fingerprint density at radius 2 is 1.43 bits per heavy atom. The molecule has 40 heavy (non-hydrogen) atoms. The third kappa shape index (κ3) is 3.13. The van der Waals surface area contributed by atoms with Gasteiger partial charge in [0.25, 0.3) is 0 Å². The van der Waals surface area contributed by atoms with E-state index in [0.29, 0.717) is 11.8 Å². The van der Waals surface area contributed by atoms with Crippen LogP contribution in [-0.4, -0.2) is 0 Å². The van der Waals surface area contributed by atoms with Gasteiger partial charge in [-0.1, -0.05) is 111 Å². The highest BCUT2D eigenvalue weighted by atomic mass is 79.9. The number of rotatable bonds is 1. The zero-order chi connectivity index (χ0) is 27.6. The van der Waals surface area contributed by atoms with Gasteiger partial charge in [0.05, 0.1) is 0 Å². The first kappa shape index (κ1) is 24.4. The van der Waals surface area contributed by atoms with Gasteiger partial charge in [0.15, 0.2) is 0 Å². The average Bonchev–Trinajstić information content (AvgIpc) is 3.30. The van der Waals surface area contributed by atoms with E-state index in [2.05, 4.69) is 148 Å². The van der Waals surface area contributed by atoms with Gasteiger partial charge < -0.3 is 0 Å². The van der Waals surface area contributed by atoms with Gasteiger partial charge in [0.2, 0.25) is 0 Å². The highest BCUT2D eigenvalue weighted by Gasteiger charge is 2.47. The number of halogens is 1. The lowest BCUT2D eigenvalue weighted by Crippen LogP contribution is -2.23. The lowest BCUT2D eigenvalue weighted by atomic mass is 9.67. The standard InChI is InChI=1S/C39H33Br/c1-22-9-8-12-28-29(25-14-13-23-10-6-7-11-24(23)17-25)19-35-37(36(22)28)31-21-33-30(20-34(31)39(35,4)5)27-16-15-26(40)18-32(27)38(33,2)3/h6-22,36H,1-5H3. The summed E-state index contributed by atoms with van der Waals surface area (Å²) in [5.41, 5.74) is 15.7. The van der Waals surface area contributed by atoms with Crippen LogP contribution in [0.15, 0.2) is 113 Å². The predicted octanol–water partition coefficient (Wildman–Crippen LogP) is 10.8. The molecule has 0 N–H and O–H groups in total. The third-order valence-electron chi connectivity index (χ3n) is 10.2. The Morgan fingerprint density at radius 3 is 2.25 bits per heavy atom. The minimum absolute atomic E-state index is 0.0333. The molecule has 4 aromatic rings. The fourth-order valence-electron chi connectivity index (χ4n) is 8.06. The predicted molar refractivity (Wildman–Crippen MR) is 173 cm³/mol. The molecule has 0 saturated heterocycles. The van der Waals surface area contributed by atoms with Crippen molar-refractivity contribution in [3.63, 3.8) is 0 Å². The van der Waals surface area contributed by atoms with Gasteiger partial charge in [-0.15, -0.1) is 0 Å². The largest absolute Gasteiger partial charge is 0.0807 e. The van der Waals surface area contributed by atoms with E-state index in [9.17, 15) is 0 Å². The van der Waals surface area contributed by atoms with Crippen LogP contribution in [0, 0.1) is 11.8 Å². The van der Waals surface area contributed by atoms with E-state index in [1.54, 1.807) is 5.57 Å². The maximum Gasteiger partial charge on any atom is 0.0178 e. The van der Waals surface area contributed by atoms with E-state index < -0.39 is 0 Å². The number of fused-ring (bicyclic) bond motifs is 8. The summed E-state index contributed by atoms with van der Waals surface area (Å²) in [6, 6.07) is 27.6. The van der Waals surface area contributed by atoms with E-state index in [4.69, 9.17) is 0 Å². The Kier molecular flexibility index (Phi) is 4.92. The van der Waals surface area contributed by atoms with Crippen molar-refractivity contribution < 1.29 is 0 Å². The average molecular weight is 582 g/mol. The Bertz CT molecular complexity index is 1920. The Balaban J connectivity index is 1.38. The third-order valence-corrected chi connectivity index (χ3v) is 10.7. The fraction of sp³-hybridized carbons (Fsp3) is 0.231. The van der Waals surface area contributed by atoms with Crippen molar-refractivity contribution in [2.45, 2.75) is 45.4 Å². The van der Waals surface area contributed by atoms with Gasteiger partial charge in [-0.2, -0.15) is 0 Å². The van der Waals surface area contributed by atoms with Gasteiger partial charge in [-0.3, -0.25) is 0 Å². The molecule has 0 heterocycles. The molecule has 0 nitrogen and oxygen atoms in total. The molecule has 0 bridgehead atoms. The van der Waals surface area contributed by atoms with E-state index in [0.717, 1.165) is 4.47 Å². The minimum atomic E-state index is -0.0730. The maximum absolute atomic E-state index is 3.73. The van der Waals surface area contributed by atoms with E-state index >= 15 is 0 Å². The van der Waals surface area contributed by atoms with E-state index in [1.165, 1.54) is 66.4 Å². The number of allylic oxidation sites excluding steroid dienone is 8. The number of hydrogen-bond donors (Lipinski definition) is 0. The zero-order valence-corrected chi connectivity index (χ0v) is 25.4. The molecule has 0 radical (unpaired) electrons. The molecule has 0 amide bonds. The molecule has 0 aromatic heterocycles. The van der Waals surface area contributed by atoms with Crippen molar-refractivity contribution in [2.24, 2.45) is 11.8 Å². The lowest BCUT2D eigenvalue weighted by Gasteiger charge is -2.36. The molecule has 0 aliphatic heterocycles. The summed E-state index contributed by atoms with van der Waals surface area (Å²) in [4.78, 5) is 0. The van der Waals surface area contributed by atoms with Crippen molar-refractivity contribution in [3.05, 3.63) is 141 Å². The fourth-order valence-corrected chi connectivity index (χ4v) is 8.42. The molecule has 0 spiro atoms. The summed E-state index contributed by atoms with van der Waals surface area (Å²) in [5, 5.41) is 2.60. The summed E-state index contributed by atoms with van der Waals surface area (Å²) < 4.78 is 1.15. The topological polar surface area (TPSA) is 0 Å². The molecule has 0 saturated carbocycles. The van der Waals surface area contributed by atoms with E-state index in [1.807, 2.05) is 0 Å². The van der Waals surface area contributed by atoms with Gasteiger partial charge in [0.1, 0.15) is 0 Å². The molecule has 196 valence electrons. The Labute approximate surface area is 246 Å². The molecule has 4 aliphatic carbocycles. The number of benzene rings is 4. The molecule has 2 unspecified atom stereocenters. The molecule has 4 aliphatic rings. The SMILES string of the molecule is CC1C=CC=C2C(c3ccc4ccccc4c3)=CC3=C(c4cc5c(cc4C3(C)C)-c3ccc(Br)cc3C5(C)C)C21. The molecule has 0 fully saturated rings. The second-order valence-corrected chi connectivity index (χ2v) is 14.1. The lowest BCUT2D eigenvalue weighted by molar-refractivity contribution is 0.591. The highest BCUT2D eigenvalue weighted by Crippen LogP contribution is 2.61. The summed E-state index contributed by atoms with van der Waals surface area (Å²) in [6.45, 7) is 12.1. The van der Waals surface area contributed by atoms with Crippen LogP contribution >= 0.6 is 15.9 Å². The normalized spacial score (nSPS) is 22.8. The second-order valence-electron chi connectivity index (χ2n) is 13.2.